The maximum atomic E-state index is 8.55. The van der Waals surface area contributed by atoms with Crippen molar-refractivity contribution in [3.63, 3.8) is 0 Å². The molecule has 0 N–H and O–H groups in total. The summed E-state index contributed by atoms with van der Waals surface area (Å²) < 4.78 is 8.55. The van der Waals surface area contributed by atoms with E-state index in [-0.39, 0.29) is 67.6 Å². The van der Waals surface area contributed by atoms with Gasteiger partial charge in [-0.25, -0.2) is 0 Å². The standard InChI is InChI=1S/Na.H3O4P.V.Zn/c;1-5(2,3)4;;/h;(H3,1,2,3,4);;/q+1;;+5;+2/p-3. The van der Waals surface area contributed by atoms with Gasteiger partial charge in [0.1, 0.15) is 0 Å². The molecule has 8 heavy (non-hydrogen) atoms. The molecule has 0 bridgehead atoms. The van der Waals surface area contributed by atoms with Crippen molar-refractivity contribution >= 4 is 7.82 Å². The number of rotatable bonds is 0. The Hall–Kier alpha value is 2.32. The Morgan fingerprint density at radius 2 is 1.12 bits per heavy atom. The van der Waals surface area contributed by atoms with Crippen LogP contribution in [0, 0.1) is 0 Å². The van der Waals surface area contributed by atoms with Crippen LogP contribution >= 0.6 is 7.82 Å². The van der Waals surface area contributed by atoms with Crippen LogP contribution < -0.4 is 44.2 Å². The molecule has 0 saturated heterocycles. The molecular formula is NaO4PVZn+5. The van der Waals surface area contributed by atoms with E-state index in [9.17, 15) is 0 Å². The van der Waals surface area contributed by atoms with Crippen molar-refractivity contribution in [3.8, 4) is 0 Å². The Morgan fingerprint density at radius 1 is 1.12 bits per heavy atom. The fraction of sp³-hybridized carbons (Fsp3) is 0. The second-order valence-corrected chi connectivity index (χ2v) is 1.34. The van der Waals surface area contributed by atoms with Crippen molar-refractivity contribution in [2.45, 2.75) is 0 Å². The molecule has 8 heteroatoms. The first-order chi connectivity index (χ1) is 2.00. The maximum Gasteiger partial charge on any atom is 5.00 e. The number of phosphoric acid groups is 1. The normalized spacial score (nSPS) is 7.38. The summed E-state index contributed by atoms with van der Waals surface area (Å²) in [6, 6.07) is 0. The molecule has 0 aliphatic rings. The zero-order chi connectivity index (χ0) is 4.50. The first kappa shape index (κ1) is 22.4. The maximum absolute atomic E-state index is 8.55. The molecule has 0 aliphatic carbocycles. The first-order valence-corrected chi connectivity index (χ1v) is 2.19. The van der Waals surface area contributed by atoms with Gasteiger partial charge in [-0.3, -0.25) is 0 Å². The fourth-order valence-corrected chi connectivity index (χ4v) is 0. The SMILES string of the molecule is O=P([O-])([O-])[O-].[Na+].[V+5].[Zn+2]. The summed E-state index contributed by atoms with van der Waals surface area (Å²) in [6.07, 6.45) is 0. The van der Waals surface area contributed by atoms with E-state index in [1.807, 2.05) is 0 Å². The molecule has 0 rings (SSSR count). The zero-order valence-corrected chi connectivity index (χ0v) is 11.5. The second kappa shape index (κ2) is 9.32. The van der Waals surface area contributed by atoms with Gasteiger partial charge in [0.05, 0.1) is 0 Å². The van der Waals surface area contributed by atoms with Gasteiger partial charge < -0.3 is 19.2 Å². The van der Waals surface area contributed by atoms with Crippen molar-refractivity contribution in [2.75, 3.05) is 0 Å². The molecule has 0 radical (unpaired) electrons. The predicted octanol–water partition coefficient (Wildman–Crippen LogP) is -5.83. The summed E-state index contributed by atoms with van der Waals surface area (Å²) in [7, 11) is -5.39. The van der Waals surface area contributed by atoms with Crippen molar-refractivity contribution < 1.29 is 86.8 Å². The molecule has 0 aromatic carbocycles. The molecule has 0 fully saturated rings. The fourth-order valence-electron chi connectivity index (χ4n) is 0. The summed E-state index contributed by atoms with van der Waals surface area (Å²) in [6.45, 7) is 0. The van der Waals surface area contributed by atoms with Crippen LogP contribution in [0.3, 0.4) is 0 Å². The predicted molar refractivity (Wildman–Crippen MR) is 7.61 cm³/mol. The summed E-state index contributed by atoms with van der Waals surface area (Å²) in [5.74, 6) is 0. The average Bonchev–Trinajstić information content (AvgIpc) is 0.722. The Labute approximate surface area is 93.6 Å². The quantitative estimate of drug-likeness (QED) is 0.308. The Balaban J connectivity index is -0.0000000267. The molecule has 0 amide bonds. The molecule has 0 aromatic rings. The largest absolute Gasteiger partial charge is 5.00 e. The smallest absolute Gasteiger partial charge is 0.822 e. The number of hydrogen-bond donors (Lipinski definition) is 0. The van der Waals surface area contributed by atoms with Crippen molar-refractivity contribution in [3.05, 3.63) is 0 Å². The molecule has 0 unspecified atom stereocenters. The van der Waals surface area contributed by atoms with Crippen LogP contribution in [-0.4, -0.2) is 0 Å². The Bertz CT molecular complexity index is 62.2. The molecule has 4 nitrogen and oxygen atoms in total. The van der Waals surface area contributed by atoms with Gasteiger partial charge in [-0.2, -0.15) is 7.82 Å². The van der Waals surface area contributed by atoms with E-state index < -0.39 is 7.82 Å². The van der Waals surface area contributed by atoms with Gasteiger partial charge >= 0.3 is 67.6 Å². The van der Waals surface area contributed by atoms with Crippen molar-refractivity contribution in [1.29, 1.82) is 0 Å². The van der Waals surface area contributed by atoms with Gasteiger partial charge in [0, 0.05) is 0 Å². The van der Waals surface area contributed by atoms with Gasteiger partial charge in [0.2, 0.25) is 0 Å². The van der Waals surface area contributed by atoms with Gasteiger partial charge in [-0.1, -0.05) is 0 Å². The molecule has 0 saturated carbocycles. The van der Waals surface area contributed by atoms with Crippen LogP contribution in [0.1, 0.15) is 0 Å². The second-order valence-electron chi connectivity index (χ2n) is 0.447. The minimum atomic E-state index is -5.39. The Morgan fingerprint density at radius 3 is 1.12 bits per heavy atom. The summed E-state index contributed by atoms with van der Waals surface area (Å²) in [5, 5.41) is 0. The van der Waals surface area contributed by atoms with E-state index >= 15 is 0 Å². The Kier molecular flexibility index (Phi) is 26.1. The van der Waals surface area contributed by atoms with Crippen LogP contribution in [0.2, 0.25) is 0 Å². The monoisotopic (exact) mass is 233 g/mol. The van der Waals surface area contributed by atoms with Crippen LogP contribution in [-0.2, 0) is 42.6 Å². The summed E-state index contributed by atoms with van der Waals surface area (Å²) >= 11 is 0. The van der Waals surface area contributed by atoms with Crippen LogP contribution in [0.15, 0.2) is 0 Å². The molecular weight excluding hydrogens is 234 g/mol. The van der Waals surface area contributed by atoms with Crippen molar-refractivity contribution in [2.24, 2.45) is 0 Å². The molecule has 0 heterocycles. The van der Waals surface area contributed by atoms with E-state index in [2.05, 4.69) is 0 Å². The summed E-state index contributed by atoms with van der Waals surface area (Å²) in [5.41, 5.74) is 0. The average molecular weight is 234 g/mol. The molecule has 0 aromatic heterocycles. The van der Waals surface area contributed by atoms with E-state index in [0.717, 1.165) is 0 Å². The zero-order valence-electron chi connectivity index (χ0n) is 4.23. The van der Waals surface area contributed by atoms with Gasteiger partial charge in [0.25, 0.3) is 0 Å². The van der Waals surface area contributed by atoms with E-state index in [4.69, 9.17) is 19.2 Å². The molecule has 0 atom stereocenters. The first-order valence-electron chi connectivity index (χ1n) is 0.730. The van der Waals surface area contributed by atoms with Crippen LogP contribution in [0.25, 0.3) is 0 Å². The third-order valence-electron chi connectivity index (χ3n) is 0. The van der Waals surface area contributed by atoms with Gasteiger partial charge in [0.15, 0.2) is 0 Å². The third kappa shape index (κ3) is 82.9. The van der Waals surface area contributed by atoms with Crippen LogP contribution in [0.4, 0.5) is 0 Å². The molecule has 0 spiro atoms. The number of hydrogen-bond acceptors (Lipinski definition) is 4. The van der Waals surface area contributed by atoms with Crippen LogP contribution in [0.5, 0.6) is 0 Å². The molecule has 32 valence electrons. The minimum absolute atomic E-state index is 0. The molecule has 0 aliphatic heterocycles. The van der Waals surface area contributed by atoms with E-state index in [1.54, 1.807) is 0 Å². The minimum Gasteiger partial charge on any atom is -0.822 e. The van der Waals surface area contributed by atoms with Crippen molar-refractivity contribution in [1.82, 2.24) is 0 Å². The van der Waals surface area contributed by atoms with Gasteiger partial charge in [-0.05, 0) is 0 Å². The van der Waals surface area contributed by atoms with E-state index in [1.165, 1.54) is 0 Å². The summed E-state index contributed by atoms with van der Waals surface area (Å²) in [4.78, 5) is 25.6. The van der Waals surface area contributed by atoms with E-state index in [0.29, 0.717) is 0 Å². The van der Waals surface area contributed by atoms with Gasteiger partial charge in [-0.15, -0.1) is 0 Å². The third-order valence-corrected chi connectivity index (χ3v) is 0. The topological polar surface area (TPSA) is 86.2 Å².